The molecule has 1 aromatic heterocycles. The van der Waals surface area contributed by atoms with Crippen LogP contribution in [0.3, 0.4) is 0 Å². The Morgan fingerprint density at radius 3 is 2.58 bits per heavy atom. The summed E-state index contributed by atoms with van der Waals surface area (Å²) in [5, 5.41) is 7.93. The number of benzene rings is 1. The molecule has 2 saturated heterocycles. The van der Waals surface area contributed by atoms with Crippen molar-refractivity contribution in [3.8, 4) is 5.69 Å². The molecule has 1 aromatic carbocycles. The number of aromatic nitrogens is 2. The van der Waals surface area contributed by atoms with Crippen molar-refractivity contribution < 1.29 is 13.9 Å². The lowest BCUT2D eigenvalue weighted by molar-refractivity contribution is -0.142. The van der Waals surface area contributed by atoms with Gasteiger partial charge in [0.05, 0.1) is 11.4 Å². The van der Waals surface area contributed by atoms with Crippen molar-refractivity contribution in [1.82, 2.24) is 24.9 Å². The number of hydrogen-bond acceptors (Lipinski definition) is 4. The van der Waals surface area contributed by atoms with Crippen LogP contribution in [0.1, 0.15) is 25.5 Å². The van der Waals surface area contributed by atoms with E-state index in [9.17, 15) is 9.18 Å². The lowest BCUT2D eigenvalue weighted by Crippen LogP contribution is -2.55. The lowest BCUT2D eigenvalue weighted by atomic mass is 10.2. The number of rotatable bonds is 6. The predicted octanol–water partition coefficient (Wildman–Crippen LogP) is 2.46. The summed E-state index contributed by atoms with van der Waals surface area (Å²) in [6.45, 7) is 7.01. The Bertz CT molecular complexity index is 921. The molecule has 1 N–H and O–H groups in total. The van der Waals surface area contributed by atoms with Crippen molar-refractivity contribution >= 4 is 35.8 Å². The van der Waals surface area contributed by atoms with Crippen LogP contribution in [0.2, 0.25) is 0 Å². The summed E-state index contributed by atoms with van der Waals surface area (Å²) < 4.78 is 20.4. The molecule has 0 saturated carbocycles. The Morgan fingerprint density at radius 1 is 1.18 bits per heavy atom. The normalized spacial score (nSPS) is 18.8. The summed E-state index contributed by atoms with van der Waals surface area (Å²) in [7, 11) is 0. The molecule has 10 heteroatoms. The molecule has 1 unspecified atom stereocenters. The van der Waals surface area contributed by atoms with Crippen LogP contribution in [-0.4, -0.2) is 83.4 Å². The molecule has 0 bridgehead atoms. The van der Waals surface area contributed by atoms with Crippen LogP contribution in [0, 0.1) is 5.82 Å². The molecule has 2 aliphatic heterocycles. The Kier molecular flexibility index (Phi) is 9.48. The minimum atomic E-state index is -0.261. The molecule has 8 nitrogen and oxygen atoms in total. The van der Waals surface area contributed by atoms with Gasteiger partial charge in [-0.3, -0.25) is 9.79 Å². The minimum absolute atomic E-state index is 0. The molecule has 1 amide bonds. The number of carbonyl (C=O) groups is 1. The first-order valence-corrected chi connectivity index (χ1v) is 11.4. The summed E-state index contributed by atoms with van der Waals surface area (Å²) in [5.41, 5.74) is 1.76. The van der Waals surface area contributed by atoms with E-state index in [0.29, 0.717) is 32.7 Å². The number of ether oxygens (including phenoxy) is 1. The van der Waals surface area contributed by atoms with E-state index in [2.05, 4.69) is 22.2 Å². The molecule has 0 spiro atoms. The third-order valence-electron chi connectivity index (χ3n) is 5.80. The molecule has 0 aliphatic carbocycles. The van der Waals surface area contributed by atoms with Gasteiger partial charge in [0.25, 0.3) is 5.91 Å². The van der Waals surface area contributed by atoms with Crippen molar-refractivity contribution in [1.29, 1.82) is 0 Å². The van der Waals surface area contributed by atoms with E-state index in [4.69, 9.17) is 9.73 Å². The van der Waals surface area contributed by atoms with E-state index in [1.807, 2.05) is 17.2 Å². The number of guanidine groups is 1. The highest BCUT2D eigenvalue weighted by molar-refractivity contribution is 14.0. The highest BCUT2D eigenvalue weighted by atomic mass is 127. The van der Waals surface area contributed by atoms with Crippen molar-refractivity contribution in [3.63, 3.8) is 0 Å². The van der Waals surface area contributed by atoms with Crippen LogP contribution in [0.4, 0.5) is 4.39 Å². The van der Waals surface area contributed by atoms with Gasteiger partial charge in [-0.25, -0.2) is 9.07 Å². The van der Waals surface area contributed by atoms with Crippen molar-refractivity contribution in [2.75, 3.05) is 45.9 Å². The molecule has 1 atom stereocenters. The molecular formula is C23H32FIN6O2. The van der Waals surface area contributed by atoms with E-state index in [0.717, 1.165) is 49.8 Å². The standard InChI is InChI=1S/C23H31FN6O2.HI/c1-2-25-23(29-15-13-28(14-16-29)22(31)21-4-3-17-32-21)26-11-9-19-10-12-30(27-19)20-7-5-18(24)6-8-20;/h5-8,10,12,21H,2-4,9,11,13-17H2,1H3,(H,25,26);1H. The van der Waals surface area contributed by atoms with Crippen LogP contribution >= 0.6 is 24.0 Å². The average molecular weight is 570 g/mol. The van der Waals surface area contributed by atoms with Crippen LogP contribution in [0.15, 0.2) is 41.5 Å². The maximum Gasteiger partial charge on any atom is 0.251 e. The van der Waals surface area contributed by atoms with Gasteiger partial charge in [-0.2, -0.15) is 5.10 Å². The quantitative estimate of drug-likeness (QED) is 0.328. The molecule has 2 fully saturated rings. The van der Waals surface area contributed by atoms with Gasteiger partial charge < -0.3 is 19.9 Å². The number of nitrogens with one attached hydrogen (secondary N) is 1. The molecular weight excluding hydrogens is 538 g/mol. The Labute approximate surface area is 211 Å². The van der Waals surface area contributed by atoms with Gasteiger partial charge in [0, 0.05) is 58.5 Å². The number of nitrogens with zero attached hydrogens (tertiary/aromatic N) is 5. The molecule has 2 aromatic rings. The SMILES string of the molecule is CCNC(=NCCc1ccn(-c2ccc(F)cc2)n1)N1CCN(C(=O)C2CCCO2)CC1.I. The first-order chi connectivity index (χ1) is 15.6. The number of amides is 1. The summed E-state index contributed by atoms with van der Waals surface area (Å²) in [4.78, 5) is 21.5. The van der Waals surface area contributed by atoms with Crippen molar-refractivity contribution in [2.45, 2.75) is 32.3 Å². The lowest BCUT2D eigenvalue weighted by Gasteiger charge is -2.37. The van der Waals surface area contributed by atoms with Gasteiger partial charge in [0.1, 0.15) is 11.9 Å². The smallest absolute Gasteiger partial charge is 0.251 e. The maximum absolute atomic E-state index is 13.1. The predicted molar refractivity (Wildman–Crippen MR) is 136 cm³/mol. The van der Waals surface area contributed by atoms with Crippen LogP contribution < -0.4 is 5.32 Å². The molecule has 4 rings (SSSR count). The fourth-order valence-electron chi connectivity index (χ4n) is 4.05. The van der Waals surface area contributed by atoms with E-state index in [-0.39, 0.29) is 41.8 Å². The molecule has 0 radical (unpaired) electrons. The van der Waals surface area contributed by atoms with Crippen molar-refractivity contribution in [3.05, 3.63) is 48.0 Å². The molecule has 2 aliphatic rings. The van der Waals surface area contributed by atoms with Gasteiger partial charge in [-0.1, -0.05) is 0 Å². The number of aliphatic imine (C=N–C) groups is 1. The Balaban J connectivity index is 0.00000306. The van der Waals surface area contributed by atoms with Gasteiger partial charge in [-0.15, -0.1) is 24.0 Å². The van der Waals surface area contributed by atoms with E-state index in [1.54, 1.807) is 16.8 Å². The van der Waals surface area contributed by atoms with Crippen LogP contribution in [0.25, 0.3) is 5.69 Å². The number of halogens is 2. The highest BCUT2D eigenvalue weighted by Gasteiger charge is 2.30. The fraction of sp³-hybridized carbons (Fsp3) is 0.522. The van der Waals surface area contributed by atoms with Crippen molar-refractivity contribution in [2.24, 2.45) is 4.99 Å². The second kappa shape index (κ2) is 12.3. The molecule has 33 heavy (non-hydrogen) atoms. The number of carbonyl (C=O) groups excluding carboxylic acids is 1. The second-order valence-electron chi connectivity index (χ2n) is 8.03. The zero-order valence-electron chi connectivity index (χ0n) is 19.0. The highest BCUT2D eigenvalue weighted by Crippen LogP contribution is 2.16. The zero-order chi connectivity index (χ0) is 22.3. The first-order valence-electron chi connectivity index (χ1n) is 11.4. The van der Waals surface area contributed by atoms with E-state index in [1.165, 1.54) is 12.1 Å². The van der Waals surface area contributed by atoms with Crippen LogP contribution in [0.5, 0.6) is 0 Å². The topological polar surface area (TPSA) is 75.0 Å². The molecule has 180 valence electrons. The summed E-state index contributed by atoms with van der Waals surface area (Å²) in [6, 6.07) is 8.23. The fourth-order valence-corrected chi connectivity index (χ4v) is 4.05. The Hall–Kier alpha value is -2.21. The minimum Gasteiger partial charge on any atom is -0.368 e. The largest absolute Gasteiger partial charge is 0.368 e. The van der Waals surface area contributed by atoms with Crippen LogP contribution in [-0.2, 0) is 16.0 Å². The maximum atomic E-state index is 13.1. The number of hydrogen-bond donors (Lipinski definition) is 1. The second-order valence-corrected chi connectivity index (χ2v) is 8.03. The average Bonchev–Trinajstić information content (AvgIpc) is 3.51. The van der Waals surface area contributed by atoms with Gasteiger partial charge in [0.2, 0.25) is 0 Å². The van der Waals surface area contributed by atoms with E-state index < -0.39 is 0 Å². The summed E-state index contributed by atoms with van der Waals surface area (Å²) >= 11 is 0. The number of piperazine rings is 1. The monoisotopic (exact) mass is 570 g/mol. The third-order valence-corrected chi connectivity index (χ3v) is 5.80. The Morgan fingerprint density at radius 2 is 1.91 bits per heavy atom. The van der Waals surface area contributed by atoms with Gasteiger partial charge in [0.15, 0.2) is 5.96 Å². The van der Waals surface area contributed by atoms with E-state index >= 15 is 0 Å². The molecule has 3 heterocycles. The first kappa shape index (κ1) is 25.4. The third kappa shape index (κ3) is 6.66. The summed E-state index contributed by atoms with van der Waals surface area (Å²) in [5.74, 6) is 0.735. The van der Waals surface area contributed by atoms with Gasteiger partial charge >= 0.3 is 0 Å². The van der Waals surface area contributed by atoms with Gasteiger partial charge in [-0.05, 0) is 50.1 Å². The zero-order valence-corrected chi connectivity index (χ0v) is 21.3. The summed E-state index contributed by atoms with van der Waals surface area (Å²) in [6.07, 6.45) is 4.14.